The van der Waals surface area contributed by atoms with Crippen molar-refractivity contribution in [1.82, 2.24) is 19.8 Å². The van der Waals surface area contributed by atoms with Crippen molar-refractivity contribution < 1.29 is 4.79 Å². The van der Waals surface area contributed by atoms with Gasteiger partial charge in [0.15, 0.2) is 0 Å². The molecular formula is C23H30N4OS. The predicted octanol–water partition coefficient (Wildman–Crippen LogP) is 3.82. The van der Waals surface area contributed by atoms with E-state index in [1.54, 1.807) is 6.20 Å². The fourth-order valence-corrected chi connectivity index (χ4v) is 6.17. The number of aromatic nitrogens is 2. The average molecular weight is 411 g/mol. The summed E-state index contributed by atoms with van der Waals surface area (Å²) in [5.74, 6) is 0.633. The lowest BCUT2D eigenvalue weighted by molar-refractivity contribution is 0.0711. The number of aryl methyl sites for hydroxylation is 1. The molecule has 3 aliphatic rings. The van der Waals surface area contributed by atoms with Crippen molar-refractivity contribution in [3.8, 4) is 0 Å². The molecule has 1 aliphatic carbocycles. The Morgan fingerprint density at radius 1 is 1.10 bits per heavy atom. The Morgan fingerprint density at radius 3 is 2.62 bits per heavy atom. The monoisotopic (exact) mass is 410 g/mol. The number of carbonyl (C=O) groups is 1. The zero-order valence-electron chi connectivity index (χ0n) is 17.3. The third-order valence-electron chi connectivity index (χ3n) is 7.02. The van der Waals surface area contributed by atoms with E-state index >= 15 is 0 Å². The van der Waals surface area contributed by atoms with Gasteiger partial charge < -0.3 is 4.90 Å². The Bertz CT molecular complexity index is 857. The van der Waals surface area contributed by atoms with Gasteiger partial charge in [-0.25, -0.2) is 4.98 Å². The number of rotatable bonds is 3. The number of nitrogens with zero attached hydrogens (tertiary/aromatic N) is 4. The van der Waals surface area contributed by atoms with Crippen LogP contribution in [0.5, 0.6) is 0 Å². The van der Waals surface area contributed by atoms with Crippen LogP contribution in [0.4, 0.5) is 0 Å². The molecule has 0 aromatic carbocycles. The second-order valence-corrected chi connectivity index (χ2v) is 9.86. The first-order valence-electron chi connectivity index (χ1n) is 11.1. The first-order chi connectivity index (χ1) is 14.2. The fraction of sp³-hybridized carbons (Fsp3) is 0.609. The molecule has 0 atom stereocenters. The first kappa shape index (κ1) is 19.2. The van der Waals surface area contributed by atoms with Crippen LogP contribution < -0.4 is 0 Å². The third kappa shape index (κ3) is 3.84. The van der Waals surface area contributed by atoms with Crippen molar-refractivity contribution in [1.29, 1.82) is 0 Å². The van der Waals surface area contributed by atoms with E-state index in [1.807, 2.05) is 35.3 Å². The second-order valence-electron chi connectivity index (χ2n) is 8.75. The van der Waals surface area contributed by atoms with Gasteiger partial charge in [0.05, 0.1) is 16.3 Å². The smallest absolute Gasteiger partial charge is 0.255 e. The van der Waals surface area contributed by atoms with Crippen LogP contribution in [-0.4, -0.2) is 57.9 Å². The Kier molecular flexibility index (Phi) is 5.39. The summed E-state index contributed by atoms with van der Waals surface area (Å²) in [6, 6.07) is 4.58. The normalized spacial score (nSPS) is 21.5. The van der Waals surface area contributed by atoms with Gasteiger partial charge in [-0.15, -0.1) is 11.3 Å². The number of piperidine rings is 1. The number of thiazole rings is 1. The zero-order chi connectivity index (χ0) is 19.8. The predicted molar refractivity (Wildman–Crippen MR) is 116 cm³/mol. The molecule has 5 rings (SSSR count). The van der Waals surface area contributed by atoms with Crippen molar-refractivity contribution in [2.75, 3.05) is 26.2 Å². The zero-order valence-corrected chi connectivity index (χ0v) is 18.1. The van der Waals surface area contributed by atoms with Gasteiger partial charge in [0.1, 0.15) is 0 Å². The van der Waals surface area contributed by atoms with Crippen molar-refractivity contribution in [3.63, 3.8) is 0 Å². The molecule has 0 spiro atoms. The summed E-state index contributed by atoms with van der Waals surface area (Å²) in [4.78, 5) is 28.4. The molecule has 0 bridgehead atoms. The number of amides is 1. The minimum Gasteiger partial charge on any atom is -0.339 e. The van der Waals surface area contributed by atoms with E-state index in [-0.39, 0.29) is 5.91 Å². The highest BCUT2D eigenvalue weighted by Gasteiger charge is 2.30. The van der Waals surface area contributed by atoms with Crippen LogP contribution in [0.25, 0.3) is 0 Å². The maximum Gasteiger partial charge on any atom is 0.255 e. The minimum absolute atomic E-state index is 0.125. The minimum atomic E-state index is 0.125. The number of pyridine rings is 1. The van der Waals surface area contributed by atoms with E-state index in [4.69, 9.17) is 4.98 Å². The number of likely N-dealkylation sites (tertiary alicyclic amines) is 1. The molecule has 1 saturated heterocycles. The number of fused-ring (bicyclic) bond motifs is 1. The lowest BCUT2D eigenvalue weighted by Crippen LogP contribution is -2.41. The van der Waals surface area contributed by atoms with Crippen LogP contribution in [0, 0.1) is 6.92 Å². The van der Waals surface area contributed by atoms with Crippen LogP contribution in [-0.2, 0) is 12.8 Å². The van der Waals surface area contributed by atoms with Gasteiger partial charge in [0, 0.05) is 61.3 Å². The SMILES string of the molecule is Cc1ncccc1C(=O)N1CCC(c2nc3c(s2)CCN(C2CCC2)CC3)CC1. The molecule has 1 amide bonds. The molecule has 5 nitrogen and oxygen atoms in total. The lowest BCUT2D eigenvalue weighted by Gasteiger charge is -2.36. The van der Waals surface area contributed by atoms with Gasteiger partial charge >= 0.3 is 0 Å². The van der Waals surface area contributed by atoms with E-state index in [9.17, 15) is 4.79 Å². The number of hydrogen-bond donors (Lipinski definition) is 0. The van der Waals surface area contributed by atoms with Crippen molar-refractivity contribution >= 4 is 17.2 Å². The largest absolute Gasteiger partial charge is 0.339 e. The van der Waals surface area contributed by atoms with E-state index in [1.165, 1.54) is 54.4 Å². The average Bonchev–Trinajstić information content (AvgIpc) is 3.02. The summed E-state index contributed by atoms with van der Waals surface area (Å²) in [6.45, 7) is 5.93. The Labute approximate surface area is 177 Å². The van der Waals surface area contributed by atoms with Crippen LogP contribution >= 0.6 is 11.3 Å². The van der Waals surface area contributed by atoms with E-state index in [0.717, 1.165) is 49.7 Å². The maximum atomic E-state index is 12.8. The highest BCUT2D eigenvalue weighted by molar-refractivity contribution is 7.11. The summed E-state index contributed by atoms with van der Waals surface area (Å²) in [6.07, 6.45) is 10.3. The molecule has 2 aromatic rings. The Balaban J connectivity index is 1.20. The standard InChI is InChI=1S/C23H30N4OS/c1-16-19(6-3-11-24-16)23(28)27-12-7-17(8-13-27)22-25-20-9-14-26(18-4-2-5-18)15-10-21(20)29-22/h3,6,11,17-18H,2,4-5,7-10,12-15H2,1H3. The maximum absolute atomic E-state index is 12.8. The molecule has 0 unspecified atom stereocenters. The Hall–Kier alpha value is -1.79. The number of carbonyl (C=O) groups excluding carboxylic acids is 1. The summed E-state index contributed by atoms with van der Waals surface area (Å²) in [7, 11) is 0. The van der Waals surface area contributed by atoms with Crippen LogP contribution in [0.15, 0.2) is 18.3 Å². The van der Waals surface area contributed by atoms with E-state index < -0.39 is 0 Å². The number of hydrogen-bond acceptors (Lipinski definition) is 5. The molecule has 154 valence electrons. The van der Waals surface area contributed by atoms with Gasteiger partial charge in [-0.2, -0.15) is 0 Å². The summed E-state index contributed by atoms with van der Waals surface area (Å²) < 4.78 is 0. The first-order valence-corrected chi connectivity index (χ1v) is 11.9. The highest BCUT2D eigenvalue weighted by Crippen LogP contribution is 2.35. The molecule has 29 heavy (non-hydrogen) atoms. The van der Waals surface area contributed by atoms with Crippen molar-refractivity contribution in [3.05, 3.63) is 45.2 Å². The summed E-state index contributed by atoms with van der Waals surface area (Å²) in [5, 5.41) is 1.32. The fourth-order valence-electron chi connectivity index (χ4n) is 4.90. The third-order valence-corrected chi connectivity index (χ3v) is 8.34. The van der Waals surface area contributed by atoms with Gasteiger partial charge in [-0.3, -0.25) is 14.7 Å². The molecule has 2 aliphatic heterocycles. The van der Waals surface area contributed by atoms with Crippen LogP contribution in [0.3, 0.4) is 0 Å². The van der Waals surface area contributed by atoms with E-state index in [0.29, 0.717) is 5.92 Å². The molecule has 0 radical (unpaired) electrons. The Morgan fingerprint density at radius 2 is 1.90 bits per heavy atom. The molecule has 6 heteroatoms. The molecule has 2 aromatic heterocycles. The quantitative estimate of drug-likeness (QED) is 0.772. The molecule has 4 heterocycles. The second kappa shape index (κ2) is 8.15. The lowest BCUT2D eigenvalue weighted by atomic mass is 9.91. The van der Waals surface area contributed by atoms with Crippen molar-refractivity contribution in [2.45, 2.75) is 63.8 Å². The molecule has 2 fully saturated rings. The molecule has 0 N–H and O–H groups in total. The van der Waals surface area contributed by atoms with E-state index in [2.05, 4.69) is 9.88 Å². The van der Waals surface area contributed by atoms with Gasteiger partial charge in [0.25, 0.3) is 5.91 Å². The highest BCUT2D eigenvalue weighted by atomic mass is 32.1. The molecular weight excluding hydrogens is 380 g/mol. The van der Waals surface area contributed by atoms with Crippen LogP contribution in [0.2, 0.25) is 0 Å². The van der Waals surface area contributed by atoms with Gasteiger partial charge in [-0.1, -0.05) is 6.42 Å². The topological polar surface area (TPSA) is 49.3 Å². The van der Waals surface area contributed by atoms with Crippen LogP contribution in [0.1, 0.15) is 69.7 Å². The van der Waals surface area contributed by atoms with Gasteiger partial charge in [-0.05, 0) is 51.2 Å². The van der Waals surface area contributed by atoms with Crippen molar-refractivity contribution in [2.24, 2.45) is 0 Å². The van der Waals surface area contributed by atoms with Gasteiger partial charge in [0.2, 0.25) is 0 Å². The molecule has 1 saturated carbocycles. The summed E-state index contributed by atoms with van der Waals surface area (Å²) >= 11 is 1.95. The summed E-state index contributed by atoms with van der Waals surface area (Å²) in [5.41, 5.74) is 2.92.